The van der Waals surface area contributed by atoms with Crippen LogP contribution in [-0.2, 0) is 14.3 Å². The molecule has 198 valence electrons. The van der Waals surface area contributed by atoms with Crippen molar-refractivity contribution in [1.82, 2.24) is 9.80 Å². The number of anilines is 2. The van der Waals surface area contributed by atoms with Crippen LogP contribution >= 0.6 is 0 Å². The summed E-state index contributed by atoms with van der Waals surface area (Å²) >= 11 is 0. The number of amides is 2. The number of carbonyl (C=O) groups excluding carboxylic acids is 2. The Morgan fingerprint density at radius 1 is 0.615 bits per heavy atom. The lowest BCUT2D eigenvalue weighted by molar-refractivity contribution is -0.139. The summed E-state index contributed by atoms with van der Waals surface area (Å²) in [7, 11) is 0. The summed E-state index contributed by atoms with van der Waals surface area (Å²) < 4.78 is 5.65. The highest BCUT2D eigenvalue weighted by atomic mass is 16.5. The van der Waals surface area contributed by atoms with E-state index in [2.05, 4.69) is 53.4 Å². The molecule has 1 saturated heterocycles. The zero-order valence-electron chi connectivity index (χ0n) is 21.9. The third-order valence-corrected chi connectivity index (χ3v) is 6.99. The number of rotatable bonds is 9. The van der Waals surface area contributed by atoms with Gasteiger partial charge in [-0.15, -0.1) is 0 Å². The monoisotopic (exact) mass is 519 g/mol. The van der Waals surface area contributed by atoms with Crippen molar-refractivity contribution in [3.8, 4) is 0 Å². The van der Waals surface area contributed by atoms with E-state index < -0.39 is 0 Å². The van der Waals surface area contributed by atoms with Gasteiger partial charge in [0.25, 0.3) is 5.91 Å². The summed E-state index contributed by atoms with van der Waals surface area (Å²) in [5.74, 6) is -0.317. The average molecular weight is 520 g/mol. The zero-order chi connectivity index (χ0) is 26.9. The van der Waals surface area contributed by atoms with Gasteiger partial charge in [-0.25, -0.2) is 0 Å². The Bertz CT molecular complexity index is 1250. The predicted octanol–water partition coefficient (Wildman–Crippen LogP) is 5.30. The van der Waals surface area contributed by atoms with Crippen molar-refractivity contribution in [3.63, 3.8) is 0 Å². The van der Waals surface area contributed by atoms with Crippen molar-refractivity contribution in [1.29, 1.82) is 0 Å². The van der Waals surface area contributed by atoms with E-state index in [9.17, 15) is 9.59 Å². The van der Waals surface area contributed by atoms with Gasteiger partial charge in [-0.2, -0.15) is 0 Å². The van der Waals surface area contributed by atoms with Gasteiger partial charge in [0.1, 0.15) is 13.2 Å². The summed E-state index contributed by atoms with van der Waals surface area (Å²) in [4.78, 5) is 32.0. The fourth-order valence-electron chi connectivity index (χ4n) is 5.09. The molecule has 0 aliphatic carbocycles. The molecule has 0 saturated carbocycles. The summed E-state index contributed by atoms with van der Waals surface area (Å²) in [6, 6.07) is 40.0. The zero-order valence-corrected chi connectivity index (χ0v) is 21.9. The van der Waals surface area contributed by atoms with Gasteiger partial charge in [0.05, 0.1) is 6.04 Å². The number of hydrogen-bond acceptors (Lipinski definition) is 4. The van der Waals surface area contributed by atoms with Crippen molar-refractivity contribution in [2.75, 3.05) is 44.3 Å². The van der Waals surface area contributed by atoms with Crippen LogP contribution in [0, 0.1) is 0 Å². The number of benzene rings is 4. The van der Waals surface area contributed by atoms with Crippen LogP contribution in [0.5, 0.6) is 0 Å². The van der Waals surface area contributed by atoms with Crippen LogP contribution in [0.4, 0.5) is 11.4 Å². The molecule has 0 unspecified atom stereocenters. The Morgan fingerprint density at radius 2 is 1.05 bits per heavy atom. The minimum atomic E-state index is -0.224. The normalized spacial score (nSPS) is 13.8. The van der Waals surface area contributed by atoms with Gasteiger partial charge in [-0.1, -0.05) is 97.1 Å². The SMILES string of the molecule is O=C(COCC(=O)N(c1ccccc1)c1ccccc1)N1CCN(C(c2ccccc2)c2ccccc2)CC1. The first-order valence-electron chi connectivity index (χ1n) is 13.3. The lowest BCUT2D eigenvalue weighted by Gasteiger charge is -2.39. The highest BCUT2D eigenvalue weighted by Gasteiger charge is 2.28. The van der Waals surface area contributed by atoms with Crippen LogP contribution in [0.15, 0.2) is 121 Å². The molecule has 0 atom stereocenters. The van der Waals surface area contributed by atoms with Gasteiger partial charge in [0.2, 0.25) is 5.91 Å². The summed E-state index contributed by atoms with van der Waals surface area (Å²) in [5, 5.41) is 0. The van der Waals surface area contributed by atoms with Gasteiger partial charge in [-0.3, -0.25) is 19.4 Å². The molecule has 39 heavy (non-hydrogen) atoms. The standard InChI is InChI=1S/C33H33N3O3/c37-31(25-39-26-32(38)36(29-17-9-3-10-18-29)30-19-11-4-12-20-30)34-21-23-35(24-22-34)33(27-13-5-1-6-14-27)28-15-7-2-8-16-28/h1-20,33H,21-26H2. The molecule has 0 N–H and O–H groups in total. The molecule has 1 fully saturated rings. The molecule has 6 heteroatoms. The lowest BCUT2D eigenvalue weighted by atomic mass is 9.96. The molecular weight excluding hydrogens is 486 g/mol. The van der Waals surface area contributed by atoms with Gasteiger partial charge in [0.15, 0.2) is 0 Å². The van der Waals surface area contributed by atoms with Crippen LogP contribution in [0.2, 0.25) is 0 Å². The van der Waals surface area contributed by atoms with Crippen molar-refractivity contribution >= 4 is 23.2 Å². The molecule has 5 rings (SSSR count). The number of nitrogens with zero attached hydrogens (tertiary/aromatic N) is 3. The molecule has 6 nitrogen and oxygen atoms in total. The molecule has 0 radical (unpaired) electrons. The van der Waals surface area contributed by atoms with E-state index in [1.54, 1.807) is 4.90 Å². The highest BCUT2D eigenvalue weighted by molar-refractivity contribution is 6.01. The van der Waals surface area contributed by atoms with Crippen molar-refractivity contribution in [3.05, 3.63) is 132 Å². The van der Waals surface area contributed by atoms with Crippen LogP contribution in [0.1, 0.15) is 17.2 Å². The molecule has 4 aromatic rings. The largest absolute Gasteiger partial charge is 0.362 e. The third kappa shape index (κ3) is 6.60. The fourth-order valence-corrected chi connectivity index (χ4v) is 5.09. The van der Waals surface area contributed by atoms with Crippen molar-refractivity contribution in [2.24, 2.45) is 0 Å². The molecule has 4 aromatic carbocycles. The van der Waals surface area contributed by atoms with Crippen LogP contribution in [0.3, 0.4) is 0 Å². The van der Waals surface area contributed by atoms with Gasteiger partial charge >= 0.3 is 0 Å². The lowest BCUT2D eigenvalue weighted by Crippen LogP contribution is -2.50. The first-order valence-corrected chi connectivity index (χ1v) is 13.3. The van der Waals surface area contributed by atoms with E-state index in [-0.39, 0.29) is 31.1 Å². The highest BCUT2D eigenvalue weighted by Crippen LogP contribution is 2.29. The Labute approximate surface area is 230 Å². The Hall–Kier alpha value is -4.26. The average Bonchev–Trinajstić information content (AvgIpc) is 3.00. The Balaban J connectivity index is 1.17. The first kappa shape index (κ1) is 26.4. The summed E-state index contributed by atoms with van der Waals surface area (Å²) in [6.45, 7) is 2.45. The van der Waals surface area contributed by atoms with Crippen LogP contribution < -0.4 is 4.90 Å². The van der Waals surface area contributed by atoms with Gasteiger partial charge < -0.3 is 9.64 Å². The van der Waals surface area contributed by atoms with Crippen LogP contribution in [0.25, 0.3) is 0 Å². The maximum absolute atomic E-state index is 13.2. The summed E-state index contributed by atoms with van der Waals surface area (Å²) in [6.07, 6.45) is 0. The summed E-state index contributed by atoms with van der Waals surface area (Å²) in [5.41, 5.74) is 4.00. The van der Waals surface area contributed by atoms with E-state index in [1.165, 1.54) is 11.1 Å². The molecule has 0 spiro atoms. The second kappa shape index (κ2) is 13.0. The number of piperazine rings is 1. The van der Waals surface area contributed by atoms with Crippen LogP contribution in [-0.4, -0.2) is 61.0 Å². The minimum Gasteiger partial charge on any atom is -0.362 e. The minimum absolute atomic E-state index is 0.0932. The van der Waals surface area contributed by atoms with E-state index in [1.807, 2.05) is 77.7 Å². The number of ether oxygens (including phenoxy) is 1. The predicted molar refractivity (Wildman–Crippen MR) is 154 cm³/mol. The second-order valence-electron chi connectivity index (χ2n) is 9.53. The van der Waals surface area contributed by atoms with Crippen molar-refractivity contribution < 1.29 is 14.3 Å². The number of carbonyl (C=O) groups is 2. The molecule has 0 bridgehead atoms. The van der Waals surface area contributed by atoms with Crippen molar-refractivity contribution in [2.45, 2.75) is 6.04 Å². The van der Waals surface area contributed by atoms with E-state index in [4.69, 9.17) is 4.74 Å². The fraction of sp³-hybridized carbons (Fsp3) is 0.212. The number of para-hydroxylation sites is 2. The van der Waals surface area contributed by atoms with E-state index in [0.29, 0.717) is 13.1 Å². The molecule has 1 aliphatic heterocycles. The molecule has 1 heterocycles. The van der Waals surface area contributed by atoms with Gasteiger partial charge in [0, 0.05) is 37.6 Å². The molecule has 1 aliphatic rings. The second-order valence-corrected chi connectivity index (χ2v) is 9.53. The maximum Gasteiger partial charge on any atom is 0.257 e. The number of hydrogen-bond donors (Lipinski definition) is 0. The third-order valence-electron chi connectivity index (χ3n) is 6.99. The maximum atomic E-state index is 13.2. The van der Waals surface area contributed by atoms with Gasteiger partial charge in [-0.05, 0) is 35.4 Å². The molecular formula is C33H33N3O3. The molecule has 0 aromatic heterocycles. The Kier molecular flexibility index (Phi) is 8.79. The Morgan fingerprint density at radius 3 is 1.51 bits per heavy atom. The quantitative estimate of drug-likeness (QED) is 0.301. The van der Waals surface area contributed by atoms with E-state index in [0.717, 1.165) is 24.5 Å². The molecule has 2 amide bonds. The topological polar surface area (TPSA) is 53.1 Å². The smallest absolute Gasteiger partial charge is 0.257 e. The first-order chi connectivity index (χ1) is 19.2. The van der Waals surface area contributed by atoms with E-state index >= 15 is 0 Å².